The molecule has 0 aliphatic carbocycles. The molecule has 0 radical (unpaired) electrons. The molecule has 2 aromatic heterocycles. The Labute approximate surface area is 167 Å². The van der Waals surface area contributed by atoms with Gasteiger partial charge in [0.15, 0.2) is 0 Å². The van der Waals surface area contributed by atoms with E-state index in [1.165, 1.54) is 38.2 Å². The van der Waals surface area contributed by atoms with Crippen molar-refractivity contribution in [1.29, 1.82) is 0 Å². The average molecular weight is 369 g/mol. The highest BCUT2D eigenvalue weighted by Gasteiger charge is 2.24. The molecule has 0 atom stereocenters. The zero-order valence-electron chi connectivity index (χ0n) is 17.5. The van der Waals surface area contributed by atoms with Gasteiger partial charge in [0, 0.05) is 35.6 Å². The molecule has 2 heterocycles. The van der Waals surface area contributed by atoms with Crippen LogP contribution in [-0.4, -0.2) is 9.97 Å². The molecule has 0 saturated carbocycles. The standard InChI is InChI=1S/C26H28N2/c1-25(2,3)24-17-28-16-20-13-18(9-10-21(20)24)14-26(4,5)23-8-6-7-19-15-27-12-11-22(19)23/h6-13,15-17H,14H2,1-5H3. The van der Waals surface area contributed by atoms with Gasteiger partial charge in [-0.3, -0.25) is 9.97 Å². The van der Waals surface area contributed by atoms with E-state index in [0.717, 1.165) is 6.42 Å². The zero-order valence-corrected chi connectivity index (χ0v) is 17.5. The Kier molecular flexibility index (Phi) is 4.45. The number of nitrogens with zero attached hydrogens (tertiary/aromatic N) is 2. The Balaban J connectivity index is 1.75. The lowest BCUT2D eigenvalue weighted by Gasteiger charge is -2.27. The molecule has 4 aromatic rings. The molecular weight excluding hydrogens is 340 g/mol. The van der Waals surface area contributed by atoms with Gasteiger partial charge in [-0.25, -0.2) is 0 Å². The first-order valence-electron chi connectivity index (χ1n) is 9.96. The quantitative estimate of drug-likeness (QED) is 0.407. The highest BCUT2D eigenvalue weighted by molar-refractivity contribution is 5.87. The molecule has 2 heteroatoms. The summed E-state index contributed by atoms with van der Waals surface area (Å²) in [5, 5.41) is 5.02. The van der Waals surface area contributed by atoms with E-state index in [4.69, 9.17) is 0 Å². The van der Waals surface area contributed by atoms with E-state index >= 15 is 0 Å². The van der Waals surface area contributed by atoms with Crippen LogP contribution in [0.15, 0.2) is 67.3 Å². The number of fused-ring (bicyclic) bond motifs is 2. The van der Waals surface area contributed by atoms with Gasteiger partial charge in [0.05, 0.1) is 0 Å². The third-order valence-electron chi connectivity index (χ3n) is 5.69. The molecule has 28 heavy (non-hydrogen) atoms. The Morgan fingerprint density at radius 1 is 0.714 bits per heavy atom. The summed E-state index contributed by atoms with van der Waals surface area (Å²) in [7, 11) is 0. The Morgan fingerprint density at radius 3 is 2.25 bits per heavy atom. The molecule has 0 bridgehead atoms. The monoisotopic (exact) mass is 368 g/mol. The molecular formula is C26H28N2. The van der Waals surface area contributed by atoms with Gasteiger partial charge in [-0.05, 0) is 56.8 Å². The van der Waals surface area contributed by atoms with Crippen LogP contribution in [0.3, 0.4) is 0 Å². The molecule has 0 unspecified atom stereocenters. The number of aromatic nitrogens is 2. The largest absolute Gasteiger partial charge is 0.264 e. The first-order chi connectivity index (χ1) is 13.3. The fourth-order valence-electron chi connectivity index (χ4n) is 4.25. The van der Waals surface area contributed by atoms with Crippen LogP contribution in [0.2, 0.25) is 0 Å². The number of pyridine rings is 2. The fraction of sp³-hybridized carbons (Fsp3) is 0.308. The maximum Gasteiger partial charge on any atom is 0.0346 e. The third-order valence-corrected chi connectivity index (χ3v) is 5.69. The van der Waals surface area contributed by atoms with Crippen molar-refractivity contribution >= 4 is 21.5 Å². The van der Waals surface area contributed by atoms with Crippen molar-refractivity contribution in [2.75, 3.05) is 0 Å². The van der Waals surface area contributed by atoms with E-state index in [9.17, 15) is 0 Å². The van der Waals surface area contributed by atoms with Crippen molar-refractivity contribution in [3.05, 3.63) is 83.9 Å². The summed E-state index contributed by atoms with van der Waals surface area (Å²) in [5.41, 5.74) is 4.12. The molecule has 142 valence electrons. The van der Waals surface area contributed by atoms with Crippen molar-refractivity contribution in [2.24, 2.45) is 0 Å². The lowest BCUT2D eigenvalue weighted by molar-refractivity contribution is 0.527. The molecule has 4 rings (SSSR count). The van der Waals surface area contributed by atoms with Gasteiger partial charge in [-0.1, -0.05) is 65.0 Å². The van der Waals surface area contributed by atoms with Crippen molar-refractivity contribution < 1.29 is 0 Å². The van der Waals surface area contributed by atoms with Gasteiger partial charge < -0.3 is 0 Å². The maximum absolute atomic E-state index is 4.51. The van der Waals surface area contributed by atoms with E-state index in [0.29, 0.717) is 0 Å². The second-order valence-corrected chi connectivity index (χ2v) is 9.46. The van der Waals surface area contributed by atoms with Crippen LogP contribution in [-0.2, 0) is 17.3 Å². The van der Waals surface area contributed by atoms with E-state index in [1.54, 1.807) is 0 Å². The van der Waals surface area contributed by atoms with E-state index in [2.05, 4.69) is 87.1 Å². The maximum atomic E-state index is 4.51. The first kappa shape index (κ1) is 18.6. The topological polar surface area (TPSA) is 25.8 Å². The first-order valence-corrected chi connectivity index (χ1v) is 9.96. The van der Waals surface area contributed by atoms with Crippen LogP contribution >= 0.6 is 0 Å². The van der Waals surface area contributed by atoms with Gasteiger partial charge in [-0.2, -0.15) is 0 Å². The Morgan fingerprint density at radius 2 is 1.46 bits per heavy atom. The van der Waals surface area contributed by atoms with Crippen LogP contribution in [0.5, 0.6) is 0 Å². The Bertz CT molecular complexity index is 1140. The van der Waals surface area contributed by atoms with Gasteiger partial charge in [0.1, 0.15) is 0 Å². The molecule has 0 aliphatic rings. The lowest BCUT2D eigenvalue weighted by atomic mass is 9.77. The van der Waals surface area contributed by atoms with Crippen molar-refractivity contribution in [3.63, 3.8) is 0 Å². The molecule has 2 nitrogen and oxygen atoms in total. The highest BCUT2D eigenvalue weighted by Crippen LogP contribution is 2.35. The van der Waals surface area contributed by atoms with Crippen LogP contribution in [0.25, 0.3) is 21.5 Å². The molecule has 0 aliphatic heterocycles. The second kappa shape index (κ2) is 6.70. The van der Waals surface area contributed by atoms with Crippen LogP contribution in [0, 0.1) is 0 Å². The SMILES string of the molecule is CC(C)(C)c1cncc2cc(CC(C)(C)c3cccc4cnccc34)ccc12. The van der Waals surface area contributed by atoms with Crippen molar-refractivity contribution in [2.45, 2.75) is 51.9 Å². The fourth-order valence-corrected chi connectivity index (χ4v) is 4.25. The summed E-state index contributed by atoms with van der Waals surface area (Å²) in [5.74, 6) is 0. The van der Waals surface area contributed by atoms with Crippen LogP contribution in [0.1, 0.15) is 51.3 Å². The predicted molar refractivity (Wildman–Crippen MR) is 119 cm³/mol. The average Bonchev–Trinajstić information content (AvgIpc) is 2.66. The summed E-state index contributed by atoms with van der Waals surface area (Å²) in [6.07, 6.45) is 8.81. The van der Waals surface area contributed by atoms with Gasteiger partial charge in [0.25, 0.3) is 0 Å². The molecule has 2 aromatic carbocycles. The van der Waals surface area contributed by atoms with E-state index in [-0.39, 0.29) is 10.8 Å². The molecule has 0 saturated heterocycles. The van der Waals surface area contributed by atoms with Crippen molar-refractivity contribution in [1.82, 2.24) is 9.97 Å². The second-order valence-electron chi connectivity index (χ2n) is 9.46. The van der Waals surface area contributed by atoms with Crippen LogP contribution < -0.4 is 0 Å². The normalized spacial score (nSPS) is 12.6. The highest BCUT2D eigenvalue weighted by atomic mass is 14.6. The van der Waals surface area contributed by atoms with Gasteiger partial charge >= 0.3 is 0 Å². The van der Waals surface area contributed by atoms with Gasteiger partial charge in [-0.15, -0.1) is 0 Å². The summed E-state index contributed by atoms with van der Waals surface area (Å²) >= 11 is 0. The number of hydrogen-bond acceptors (Lipinski definition) is 2. The molecule has 0 N–H and O–H groups in total. The number of rotatable bonds is 3. The summed E-state index contributed by atoms with van der Waals surface area (Å²) in [4.78, 5) is 8.78. The smallest absolute Gasteiger partial charge is 0.0346 e. The summed E-state index contributed by atoms with van der Waals surface area (Å²) in [6, 6.07) is 15.5. The minimum absolute atomic E-state index is 0.0175. The summed E-state index contributed by atoms with van der Waals surface area (Å²) < 4.78 is 0. The van der Waals surface area contributed by atoms with Crippen LogP contribution in [0.4, 0.5) is 0 Å². The van der Waals surface area contributed by atoms with E-state index in [1.807, 2.05) is 24.8 Å². The summed E-state index contributed by atoms with van der Waals surface area (Å²) in [6.45, 7) is 11.4. The molecule has 0 amide bonds. The predicted octanol–water partition coefficient (Wildman–Crippen LogP) is 6.60. The third kappa shape index (κ3) is 3.40. The molecule has 0 fully saturated rings. The van der Waals surface area contributed by atoms with Crippen molar-refractivity contribution in [3.8, 4) is 0 Å². The zero-order chi connectivity index (χ0) is 19.9. The van der Waals surface area contributed by atoms with E-state index < -0.39 is 0 Å². The number of benzene rings is 2. The lowest BCUT2D eigenvalue weighted by Crippen LogP contribution is -2.21. The van der Waals surface area contributed by atoms with Gasteiger partial charge in [0.2, 0.25) is 0 Å². The molecule has 0 spiro atoms. The number of hydrogen-bond donors (Lipinski definition) is 0. The minimum Gasteiger partial charge on any atom is -0.264 e. The Hall–Kier alpha value is -2.74. The minimum atomic E-state index is 0.0175.